The van der Waals surface area contributed by atoms with Crippen LogP contribution in [-0.4, -0.2) is 5.78 Å². The Bertz CT molecular complexity index is 1230. The Morgan fingerprint density at radius 3 is 2.45 bits per heavy atom. The third kappa shape index (κ3) is 3.16. The summed E-state index contributed by atoms with van der Waals surface area (Å²) >= 11 is 0. The van der Waals surface area contributed by atoms with Gasteiger partial charge in [0.2, 0.25) is 0 Å². The van der Waals surface area contributed by atoms with Crippen molar-refractivity contribution in [2.24, 2.45) is 56.7 Å². The molecule has 0 aromatic carbocycles. The zero-order chi connectivity index (χ0) is 27.3. The molecule has 1 aromatic heterocycles. The lowest BCUT2D eigenvalue weighted by Gasteiger charge is -2.72. The molecule has 38 heavy (non-hydrogen) atoms. The first kappa shape index (κ1) is 26.2. The minimum absolute atomic E-state index is 0.0734. The van der Waals surface area contributed by atoms with Crippen molar-refractivity contribution in [3.05, 3.63) is 41.9 Å². The quantitative estimate of drug-likeness (QED) is 0.293. The van der Waals surface area contributed by atoms with Crippen molar-refractivity contribution in [2.45, 2.75) is 99.3 Å². The van der Waals surface area contributed by atoms with Crippen LogP contribution in [0, 0.1) is 68.0 Å². The zero-order valence-electron chi connectivity index (χ0n) is 24.5. The number of carbonyl (C=O) groups excluding carboxylic acids is 1. The molecular weight excluding hydrogens is 466 g/mol. The number of allylic oxidation sites excluding steroid dienone is 2. The lowest BCUT2D eigenvalue weighted by molar-refractivity contribution is -0.225. The summed E-state index contributed by atoms with van der Waals surface area (Å²) in [7, 11) is 0. The number of hydrogen-bond donors (Lipinski definition) is 0. The summed E-state index contributed by atoms with van der Waals surface area (Å²) < 4.78 is 5.66. The van der Waals surface area contributed by atoms with Gasteiger partial charge in [0.1, 0.15) is 5.76 Å². The number of ketones is 1. The van der Waals surface area contributed by atoms with Crippen molar-refractivity contribution in [1.29, 1.82) is 5.26 Å². The van der Waals surface area contributed by atoms with Crippen LogP contribution in [-0.2, 0) is 4.79 Å². The van der Waals surface area contributed by atoms with Crippen LogP contribution in [0.2, 0.25) is 0 Å². The van der Waals surface area contributed by atoms with Crippen molar-refractivity contribution in [3.63, 3.8) is 0 Å². The van der Waals surface area contributed by atoms with E-state index < -0.39 is 0 Å². The van der Waals surface area contributed by atoms with Gasteiger partial charge in [-0.3, -0.25) is 4.79 Å². The summed E-state index contributed by atoms with van der Waals surface area (Å²) in [6.07, 6.45) is 13.7. The van der Waals surface area contributed by atoms with Crippen LogP contribution in [0.3, 0.4) is 0 Å². The summed E-state index contributed by atoms with van der Waals surface area (Å²) in [6.45, 7) is 18.8. The van der Waals surface area contributed by atoms with Crippen LogP contribution >= 0.6 is 0 Å². The minimum Gasteiger partial charge on any atom is -0.465 e. The maximum atomic E-state index is 13.8. The summed E-state index contributed by atoms with van der Waals surface area (Å²) in [6, 6.07) is 6.76. The highest BCUT2D eigenvalue weighted by atomic mass is 16.3. The largest absolute Gasteiger partial charge is 0.465 e. The van der Waals surface area contributed by atoms with E-state index in [1.165, 1.54) is 24.8 Å². The molecule has 0 spiro atoms. The molecule has 0 saturated heterocycles. The van der Waals surface area contributed by atoms with Crippen molar-refractivity contribution in [3.8, 4) is 6.07 Å². The maximum Gasteiger partial charge on any atom is 0.164 e. The Balaban J connectivity index is 1.42. The Hall–Kier alpha value is -2.08. The van der Waals surface area contributed by atoms with E-state index in [4.69, 9.17) is 4.42 Å². The van der Waals surface area contributed by atoms with E-state index in [1.807, 2.05) is 18.2 Å². The second-order valence-corrected chi connectivity index (χ2v) is 15.4. The van der Waals surface area contributed by atoms with Crippen LogP contribution in [0.15, 0.2) is 40.5 Å². The molecular formula is C35H47NO2. The monoisotopic (exact) mass is 513 g/mol. The first-order valence-electron chi connectivity index (χ1n) is 15.2. The summed E-state index contributed by atoms with van der Waals surface area (Å²) in [5, 5.41) is 10.5. The number of hydrogen-bond acceptors (Lipinski definition) is 3. The fourth-order valence-corrected chi connectivity index (χ4v) is 11.9. The number of rotatable bonds is 2. The fourth-order valence-electron chi connectivity index (χ4n) is 11.9. The highest BCUT2D eigenvalue weighted by molar-refractivity contribution is 6.04. The maximum absolute atomic E-state index is 13.8. The van der Waals surface area contributed by atoms with Gasteiger partial charge in [-0.2, -0.15) is 5.26 Å². The van der Waals surface area contributed by atoms with Gasteiger partial charge >= 0.3 is 0 Å². The lowest BCUT2D eigenvalue weighted by atomic mass is 9.32. The number of fused-ring (bicyclic) bond motifs is 7. The third-order valence-electron chi connectivity index (χ3n) is 13.7. The van der Waals surface area contributed by atoms with E-state index in [1.54, 1.807) is 6.26 Å². The van der Waals surface area contributed by atoms with Gasteiger partial charge in [0, 0.05) is 5.41 Å². The summed E-state index contributed by atoms with van der Waals surface area (Å²) in [5.41, 5.74) is 2.20. The van der Waals surface area contributed by atoms with Crippen molar-refractivity contribution in [2.75, 3.05) is 0 Å². The molecule has 1 heterocycles. The van der Waals surface area contributed by atoms with Gasteiger partial charge in [-0.1, -0.05) is 46.8 Å². The predicted molar refractivity (Wildman–Crippen MR) is 152 cm³/mol. The molecule has 0 amide bonds. The molecule has 0 aliphatic heterocycles. The van der Waals surface area contributed by atoms with Crippen LogP contribution in [0.5, 0.6) is 0 Å². The Morgan fingerprint density at radius 1 is 1.03 bits per heavy atom. The number of nitrogens with zero attached hydrogens (tertiary/aromatic N) is 1. The van der Waals surface area contributed by atoms with Crippen molar-refractivity contribution in [1.82, 2.24) is 0 Å². The van der Waals surface area contributed by atoms with Crippen LogP contribution in [0.1, 0.15) is 105 Å². The van der Waals surface area contributed by atoms with E-state index in [0.29, 0.717) is 35.4 Å². The summed E-state index contributed by atoms with van der Waals surface area (Å²) in [4.78, 5) is 13.8. The molecule has 9 atom stereocenters. The smallest absolute Gasteiger partial charge is 0.164 e. The first-order valence-corrected chi connectivity index (χ1v) is 15.2. The Labute approximate surface area is 230 Å². The van der Waals surface area contributed by atoms with E-state index >= 15 is 0 Å². The molecule has 5 saturated carbocycles. The standard InChI is InChI=1S/C35H47NO2/c1-22(2)25-12-15-35(21-36)17-16-33(6)26(29(25)35)10-11-28-32(5)20-23(19-24-9-8-18-38-24)30(37)31(3,4)27(32)13-14-34(28,33)7/h8-9,18-19,25-29H,1,10-17,20H2,2-7H3/b23-19-/t25-,26+,27-,28+,29+,32-,33+,34+,35+/m0/s1. The van der Waals surface area contributed by atoms with Gasteiger partial charge in [-0.05, 0) is 134 Å². The molecule has 0 radical (unpaired) electrons. The molecule has 5 aliphatic rings. The van der Waals surface area contributed by atoms with Crippen molar-refractivity contribution >= 4 is 11.9 Å². The molecule has 5 fully saturated rings. The Morgan fingerprint density at radius 2 is 1.79 bits per heavy atom. The minimum atomic E-state index is -0.371. The number of carbonyl (C=O) groups is 1. The lowest BCUT2D eigenvalue weighted by Crippen LogP contribution is -2.66. The highest BCUT2D eigenvalue weighted by Gasteiger charge is 2.71. The SMILES string of the molecule is C=C(C)[C@@H]1CC[C@]2(C#N)CC[C@]3(C)[C@H](CC[C@@H]4[C@@]5(C)C/C(=C/c6ccco6)C(=O)C(C)(C)[C@@H]5CC[C@]43C)[C@@H]12. The molecule has 6 rings (SSSR count). The predicted octanol–water partition coefficient (Wildman–Crippen LogP) is 9.02. The number of Topliss-reactive ketones (excluding diaryl/α,β-unsaturated/α-hetero) is 1. The van der Waals surface area contributed by atoms with Gasteiger partial charge in [0.15, 0.2) is 5.78 Å². The van der Waals surface area contributed by atoms with E-state index in [-0.39, 0.29) is 27.1 Å². The van der Waals surface area contributed by atoms with E-state index in [2.05, 4.69) is 54.2 Å². The molecule has 1 aromatic rings. The van der Waals surface area contributed by atoms with E-state index in [9.17, 15) is 10.1 Å². The van der Waals surface area contributed by atoms with Gasteiger partial charge in [0.05, 0.1) is 17.7 Å². The highest BCUT2D eigenvalue weighted by Crippen LogP contribution is 2.77. The van der Waals surface area contributed by atoms with Crippen LogP contribution in [0.4, 0.5) is 0 Å². The topological polar surface area (TPSA) is 54.0 Å². The molecule has 3 heteroatoms. The molecule has 5 aliphatic carbocycles. The Kier molecular flexibility index (Phi) is 5.66. The third-order valence-corrected chi connectivity index (χ3v) is 13.7. The molecule has 204 valence electrons. The van der Waals surface area contributed by atoms with E-state index in [0.717, 1.165) is 49.9 Å². The average molecular weight is 514 g/mol. The van der Waals surface area contributed by atoms with Gasteiger partial charge < -0.3 is 4.42 Å². The van der Waals surface area contributed by atoms with Gasteiger partial charge in [-0.15, -0.1) is 0 Å². The zero-order valence-corrected chi connectivity index (χ0v) is 24.5. The molecule has 0 unspecified atom stereocenters. The van der Waals surface area contributed by atoms with Crippen LogP contribution < -0.4 is 0 Å². The molecule has 0 N–H and O–H groups in total. The normalized spacial score (nSPS) is 48.4. The second-order valence-electron chi connectivity index (χ2n) is 15.4. The number of furan rings is 1. The van der Waals surface area contributed by atoms with Gasteiger partial charge in [0.25, 0.3) is 0 Å². The summed E-state index contributed by atoms with van der Waals surface area (Å²) in [5.74, 6) is 3.58. The second kappa shape index (κ2) is 8.22. The van der Waals surface area contributed by atoms with Gasteiger partial charge in [-0.25, -0.2) is 0 Å². The average Bonchev–Trinajstić information content (AvgIpc) is 3.51. The molecule has 3 nitrogen and oxygen atoms in total. The first-order chi connectivity index (χ1) is 17.8. The fraction of sp³-hybridized carbons (Fsp3) is 0.714. The number of nitriles is 1. The van der Waals surface area contributed by atoms with Crippen molar-refractivity contribution < 1.29 is 9.21 Å². The molecule has 0 bridgehead atoms. The van der Waals surface area contributed by atoms with Crippen LogP contribution in [0.25, 0.3) is 6.08 Å².